The summed E-state index contributed by atoms with van der Waals surface area (Å²) in [5, 5.41) is 4.18. The highest BCUT2D eigenvalue weighted by atomic mass is 32.1. The van der Waals surface area contributed by atoms with Gasteiger partial charge in [0.15, 0.2) is 0 Å². The molecule has 20 heavy (non-hydrogen) atoms. The first-order valence-corrected chi connectivity index (χ1v) is 7.11. The third-order valence-corrected chi connectivity index (χ3v) is 4.47. The number of thiophene rings is 1. The van der Waals surface area contributed by atoms with Gasteiger partial charge in [0, 0.05) is 15.1 Å². The van der Waals surface area contributed by atoms with Crippen molar-refractivity contribution in [3.05, 3.63) is 70.6 Å². The number of hydrogen-bond donors (Lipinski definition) is 1. The van der Waals surface area contributed by atoms with E-state index in [1.165, 1.54) is 12.1 Å². The molecule has 0 bridgehead atoms. The molecule has 0 radical (unpaired) electrons. The minimum Gasteiger partial charge on any atom is -0.309 e. The van der Waals surface area contributed by atoms with E-state index in [9.17, 15) is 8.78 Å². The second-order valence-corrected chi connectivity index (χ2v) is 5.69. The third kappa shape index (κ3) is 2.32. The molecule has 1 heterocycles. The largest absolute Gasteiger partial charge is 0.309 e. The van der Waals surface area contributed by atoms with E-state index in [1.54, 1.807) is 18.4 Å². The first kappa shape index (κ1) is 13.2. The molecular weight excluding hydrogens is 276 g/mol. The van der Waals surface area contributed by atoms with Crippen molar-refractivity contribution in [2.24, 2.45) is 0 Å². The maximum atomic E-state index is 13.9. The van der Waals surface area contributed by atoms with Gasteiger partial charge in [0.1, 0.15) is 11.6 Å². The fraction of sp³-hybridized carbons (Fsp3) is 0.125. The molecule has 0 spiro atoms. The topological polar surface area (TPSA) is 12.0 Å². The van der Waals surface area contributed by atoms with Crippen molar-refractivity contribution < 1.29 is 8.78 Å². The van der Waals surface area contributed by atoms with Crippen molar-refractivity contribution >= 4 is 21.4 Å². The molecule has 0 fully saturated rings. The molecule has 1 nitrogen and oxygen atoms in total. The molecule has 4 heteroatoms. The Morgan fingerprint density at radius 3 is 2.60 bits per heavy atom. The molecular formula is C16H13F2NS. The van der Waals surface area contributed by atoms with Gasteiger partial charge in [-0.25, -0.2) is 8.78 Å². The van der Waals surface area contributed by atoms with Crippen LogP contribution in [0, 0.1) is 11.6 Å². The van der Waals surface area contributed by atoms with Crippen molar-refractivity contribution in [2.75, 3.05) is 7.05 Å². The van der Waals surface area contributed by atoms with Gasteiger partial charge in [-0.2, -0.15) is 0 Å². The van der Waals surface area contributed by atoms with Crippen molar-refractivity contribution in [3.63, 3.8) is 0 Å². The van der Waals surface area contributed by atoms with E-state index in [0.29, 0.717) is 5.56 Å². The summed E-state index contributed by atoms with van der Waals surface area (Å²) >= 11 is 1.59. The van der Waals surface area contributed by atoms with Crippen LogP contribution in [0.4, 0.5) is 8.78 Å². The maximum absolute atomic E-state index is 13.9. The standard InChI is InChI=1S/C16H13F2NS/c1-19-16(12-9-11(17)6-7-13(12)18)15-8-10-4-2-3-5-14(10)20-15/h2-9,16,19H,1H3. The van der Waals surface area contributed by atoms with Crippen LogP contribution in [0.3, 0.4) is 0 Å². The van der Waals surface area contributed by atoms with Gasteiger partial charge in [0.25, 0.3) is 0 Å². The van der Waals surface area contributed by atoms with Crippen molar-refractivity contribution in [2.45, 2.75) is 6.04 Å². The van der Waals surface area contributed by atoms with Gasteiger partial charge >= 0.3 is 0 Å². The zero-order valence-electron chi connectivity index (χ0n) is 10.9. The highest BCUT2D eigenvalue weighted by molar-refractivity contribution is 7.19. The zero-order chi connectivity index (χ0) is 14.1. The molecule has 1 aromatic heterocycles. The number of benzene rings is 2. The fourth-order valence-corrected chi connectivity index (χ4v) is 3.53. The van der Waals surface area contributed by atoms with Crippen LogP contribution in [-0.4, -0.2) is 7.05 Å². The number of nitrogens with one attached hydrogen (secondary N) is 1. The van der Waals surface area contributed by atoms with Gasteiger partial charge in [0.05, 0.1) is 6.04 Å². The molecule has 0 saturated heterocycles. The molecule has 1 atom stereocenters. The predicted molar refractivity (Wildman–Crippen MR) is 79.1 cm³/mol. The zero-order valence-corrected chi connectivity index (χ0v) is 11.7. The summed E-state index contributed by atoms with van der Waals surface area (Å²) in [6, 6.07) is 13.2. The first-order valence-electron chi connectivity index (χ1n) is 6.29. The van der Waals surface area contributed by atoms with Crippen LogP contribution >= 0.6 is 11.3 Å². The Hall–Kier alpha value is -1.78. The van der Waals surface area contributed by atoms with Crippen molar-refractivity contribution in [3.8, 4) is 0 Å². The van der Waals surface area contributed by atoms with Crippen LogP contribution < -0.4 is 5.32 Å². The molecule has 3 aromatic rings. The Morgan fingerprint density at radius 2 is 1.85 bits per heavy atom. The van der Waals surface area contributed by atoms with Gasteiger partial charge in [0.2, 0.25) is 0 Å². The van der Waals surface area contributed by atoms with Gasteiger partial charge < -0.3 is 5.32 Å². The van der Waals surface area contributed by atoms with Gasteiger partial charge in [-0.3, -0.25) is 0 Å². The van der Waals surface area contributed by atoms with E-state index in [-0.39, 0.29) is 6.04 Å². The van der Waals surface area contributed by atoms with Crippen LogP contribution in [0.2, 0.25) is 0 Å². The lowest BCUT2D eigenvalue weighted by atomic mass is 10.0. The molecule has 3 rings (SSSR count). The Kier molecular flexibility index (Phi) is 3.51. The van der Waals surface area contributed by atoms with Crippen LogP contribution in [-0.2, 0) is 0 Å². The normalized spacial score (nSPS) is 12.8. The summed E-state index contributed by atoms with van der Waals surface area (Å²) in [6.45, 7) is 0. The summed E-state index contributed by atoms with van der Waals surface area (Å²) in [5.74, 6) is -0.828. The quantitative estimate of drug-likeness (QED) is 0.749. The van der Waals surface area contributed by atoms with E-state index >= 15 is 0 Å². The molecule has 1 N–H and O–H groups in total. The Balaban J connectivity index is 2.11. The summed E-state index contributed by atoms with van der Waals surface area (Å²) in [6.07, 6.45) is 0. The summed E-state index contributed by atoms with van der Waals surface area (Å²) < 4.78 is 28.5. The predicted octanol–water partition coefficient (Wildman–Crippen LogP) is 4.49. The van der Waals surface area contributed by atoms with Gasteiger partial charge in [-0.15, -0.1) is 11.3 Å². The minimum atomic E-state index is -0.428. The number of fused-ring (bicyclic) bond motifs is 1. The summed E-state index contributed by atoms with van der Waals surface area (Å²) in [4.78, 5) is 0.971. The molecule has 0 aliphatic rings. The maximum Gasteiger partial charge on any atom is 0.128 e. The molecule has 102 valence electrons. The summed E-state index contributed by atoms with van der Waals surface area (Å²) in [7, 11) is 1.75. The second-order valence-electron chi connectivity index (χ2n) is 4.57. The van der Waals surface area contributed by atoms with E-state index in [0.717, 1.165) is 21.0 Å². The summed E-state index contributed by atoms with van der Waals surface area (Å²) in [5.41, 5.74) is 0.332. The molecule has 2 aromatic carbocycles. The average molecular weight is 289 g/mol. The lowest BCUT2D eigenvalue weighted by Gasteiger charge is -2.15. The monoisotopic (exact) mass is 289 g/mol. The van der Waals surface area contributed by atoms with Crippen molar-refractivity contribution in [1.82, 2.24) is 5.32 Å². The van der Waals surface area contributed by atoms with Gasteiger partial charge in [-0.05, 0) is 42.8 Å². The van der Waals surface area contributed by atoms with Gasteiger partial charge in [-0.1, -0.05) is 18.2 Å². The molecule has 1 unspecified atom stereocenters. The molecule has 0 aliphatic carbocycles. The minimum absolute atomic E-state index is 0.332. The lowest BCUT2D eigenvalue weighted by Crippen LogP contribution is -2.18. The highest BCUT2D eigenvalue weighted by Gasteiger charge is 2.19. The average Bonchev–Trinajstić information content (AvgIpc) is 2.87. The highest BCUT2D eigenvalue weighted by Crippen LogP contribution is 2.34. The smallest absolute Gasteiger partial charge is 0.128 e. The van der Waals surface area contributed by atoms with Crippen LogP contribution in [0.5, 0.6) is 0 Å². The van der Waals surface area contributed by atoms with E-state index in [4.69, 9.17) is 0 Å². The SMILES string of the molecule is CNC(c1cc2ccccc2s1)c1cc(F)ccc1F. The second kappa shape index (κ2) is 5.31. The molecule has 0 saturated carbocycles. The lowest BCUT2D eigenvalue weighted by molar-refractivity contribution is 0.560. The fourth-order valence-electron chi connectivity index (χ4n) is 2.33. The van der Waals surface area contributed by atoms with E-state index in [2.05, 4.69) is 5.32 Å². The van der Waals surface area contributed by atoms with Crippen molar-refractivity contribution in [1.29, 1.82) is 0 Å². The Labute approximate surface area is 119 Å². The first-order chi connectivity index (χ1) is 9.69. The Bertz CT molecular complexity index is 718. The number of rotatable bonds is 3. The van der Waals surface area contributed by atoms with E-state index < -0.39 is 11.6 Å². The van der Waals surface area contributed by atoms with Crippen LogP contribution in [0.15, 0.2) is 48.5 Å². The third-order valence-electron chi connectivity index (χ3n) is 3.29. The van der Waals surface area contributed by atoms with E-state index in [1.807, 2.05) is 30.3 Å². The van der Waals surface area contributed by atoms with Crippen LogP contribution in [0.1, 0.15) is 16.5 Å². The Morgan fingerprint density at radius 1 is 1.05 bits per heavy atom. The molecule has 0 aliphatic heterocycles. The number of halogens is 2. The molecule has 0 amide bonds. The van der Waals surface area contributed by atoms with Crippen LogP contribution in [0.25, 0.3) is 10.1 Å². The number of hydrogen-bond acceptors (Lipinski definition) is 2.